The molecule has 1 aliphatic rings. The Bertz CT molecular complexity index is 876. The number of piperidine rings is 1. The smallest absolute Gasteiger partial charge is 0.291 e. The number of rotatable bonds is 5. The third-order valence-electron chi connectivity index (χ3n) is 5.15. The van der Waals surface area contributed by atoms with Crippen molar-refractivity contribution in [2.75, 3.05) is 18.4 Å². The summed E-state index contributed by atoms with van der Waals surface area (Å²) in [6.45, 7) is 6.61. The highest BCUT2D eigenvalue weighted by atomic mass is 32.1. The van der Waals surface area contributed by atoms with Crippen molar-refractivity contribution >= 4 is 33.6 Å². The van der Waals surface area contributed by atoms with Crippen molar-refractivity contribution in [2.24, 2.45) is 5.92 Å². The second kappa shape index (κ2) is 8.00. The average molecular weight is 401 g/mol. The number of amides is 1. The molecule has 1 atom stereocenters. The van der Waals surface area contributed by atoms with Crippen LogP contribution in [-0.2, 0) is 0 Å². The summed E-state index contributed by atoms with van der Waals surface area (Å²) >= 11 is 3.42. The summed E-state index contributed by atoms with van der Waals surface area (Å²) in [5.74, 6) is 0.930. The number of carbonyl (C=O) groups excluding carboxylic acids is 1. The monoisotopic (exact) mass is 400 g/mol. The molecule has 3 aromatic heterocycles. The lowest BCUT2D eigenvalue weighted by Crippen LogP contribution is -2.36. The highest BCUT2D eigenvalue weighted by Gasteiger charge is 2.30. The van der Waals surface area contributed by atoms with Gasteiger partial charge in [0.25, 0.3) is 5.91 Å². The second-order valence-electron chi connectivity index (χ2n) is 7.21. The Hall–Kier alpha value is -1.89. The maximum Gasteiger partial charge on any atom is 0.291 e. The van der Waals surface area contributed by atoms with Crippen molar-refractivity contribution in [3.8, 4) is 0 Å². The molecule has 0 aromatic carbocycles. The fourth-order valence-electron chi connectivity index (χ4n) is 3.67. The zero-order valence-corrected chi connectivity index (χ0v) is 17.2. The van der Waals surface area contributed by atoms with E-state index in [9.17, 15) is 4.79 Å². The van der Waals surface area contributed by atoms with Gasteiger partial charge in [-0.3, -0.25) is 9.69 Å². The third kappa shape index (κ3) is 4.03. The fraction of sp³-hybridized carbons (Fsp3) is 0.381. The normalized spacial score (nSPS) is 17.1. The molecule has 0 aliphatic carbocycles. The van der Waals surface area contributed by atoms with E-state index in [0.29, 0.717) is 5.76 Å². The van der Waals surface area contributed by atoms with Crippen LogP contribution in [0.3, 0.4) is 0 Å². The van der Waals surface area contributed by atoms with Crippen LogP contribution in [0.2, 0.25) is 0 Å². The number of aryl methyl sites for hydroxylation is 1. The number of likely N-dealkylation sites (tertiary alicyclic amines) is 1. The van der Waals surface area contributed by atoms with Gasteiger partial charge < -0.3 is 9.73 Å². The van der Waals surface area contributed by atoms with Gasteiger partial charge in [0.15, 0.2) is 5.76 Å². The van der Waals surface area contributed by atoms with Gasteiger partial charge in [0, 0.05) is 15.3 Å². The first kappa shape index (κ1) is 18.5. The maximum absolute atomic E-state index is 12.6. The lowest BCUT2D eigenvalue weighted by atomic mass is 9.95. The van der Waals surface area contributed by atoms with Crippen LogP contribution in [0.4, 0.5) is 5.00 Å². The number of carbonyl (C=O) groups is 1. The molecule has 0 bridgehead atoms. The van der Waals surface area contributed by atoms with Gasteiger partial charge in [0.1, 0.15) is 5.00 Å². The van der Waals surface area contributed by atoms with Gasteiger partial charge >= 0.3 is 0 Å². The number of anilines is 1. The third-order valence-corrected chi connectivity index (χ3v) is 7.05. The van der Waals surface area contributed by atoms with E-state index in [4.69, 9.17) is 4.42 Å². The zero-order valence-electron chi connectivity index (χ0n) is 15.6. The zero-order chi connectivity index (χ0) is 18.8. The van der Waals surface area contributed by atoms with Crippen LogP contribution >= 0.6 is 22.7 Å². The number of nitrogens with one attached hydrogen (secondary N) is 1. The molecule has 1 fully saturated rings. The molecule has 0 radical (unpaired) electrons. The summed E-state index contributed by atoms with van der Waals surface area (Å²) in [4.78, 5) is 17.7. The molecule has 0 saturated carbocycles. The van der Waals surface area contributed by atoms with Gasteiger partial charge in [-0.1, -0.05) is 13.0 Å². The van der Waals surface area contributed by atoms with Crippen LogP contribution in [0.15, 0.2) is 46.4 Å². The van der Waals surface area contributed by atoms with Crippen LogP contribution in [0.1, 0.15) is 51.7 Å². The standard InChI is InChI=1S/C21H24N2O2S2/c1-14-7-9-23(10-8-14)19(18-6-4-12-26-18)16-13-15(2)27-21(16)22-20(24)17-5-3-11-25-17/h3-6,11-14,19H,7-10H2,1-2H3,(H,22,24). The molecule has 1 amide bonds. The first-order chi connectivity index (χ1) is 13.1. The number of furan rings is 1. The molecule has 6 heteroatoms. The lowest BCUT2D eigenvalue weighted by Gasteiger charge is -2.36. The fourth-order valence-corrected chi connectivity index (χ4v) is 5.49. The van der Waals surface area contributed by atoms with E-state index in [1.165, 1.54) is 34.4 Å². The quantitative estimate of drug-likeness (QED) is 0.590. The number of hydrogen-bond acceptors (Lipinski definition) is 5. The largest absolute Gasteiger partial charge is 0.459 e. The van der Waals surface area contributed by atoms with Crippen LogP contribution in [0.5, 0.6) is 0 Å². The van der Waals surface area contributed by atoms with Crippen molar-refractivity contribution in [2.45, 2.75) is 32.7 Å². The van der Waals surface area contributed by atoms with E-state index in [-0.39, 0.29) is 11.9 Å². The Morgan fingerprint density at radius 3 is 2.78 bits per heavy atom. The molecular formula is C21H24N2O2S2. The van der Waals surface area contributed by atoms with E-state index in [1.807, 2.05) is 0 Å². The van der Waals surface area contributed by atoms with Gasteiger partial charge in [-0.25, -0.2) is 0 Å². The molecule has 1 aliphatic heterocycles. The van der Waals surface area contributed by atoms with Gasteiger partial charge in [0.05, 0.1) is 12.3 Å². The van der Waals surface area contributed by atoms with Crippen LogP contribution in [0.25, 0.3) is 0 Å². The summed E-state index contributed by atoms with van der Waals surface area (Å²) in [6.07, 6.45) is 3.97. The van der Waals surface area contributed by atoms with E-state index in [0.717, 1.165) is 24.0 Å². The molecule has 142 valence electrons. The minimum atomic E-state index is -0.194. The Labute approximate surface area is 167 Å². The molecule has 1 N–H and O–H groups in total. The predicted octanol–water partition coefficient (Wildman–Crippen LogP) is 5.78. The Morgan fingerprint density at radius 1 is 1.30 bits per heavy atom. The highest BCUT2D eigenvalue weighted by molar-refractivity contribution is 7.16. The van der Waals surface area contributed by atoms with Crippen molar-refractivity contribution in [3.05, 3.63) is 63.1 Å². The first-order valence-electron chi connectivity index (χ1n) is 9.34. The van der Waals surface area contributed by atoms with Crippen LogP contribution < -0.4 is 5.32 Å². The minimum Gasteiger partial charge on any atom is -0.459 e. The topological polar surface area (TPSA) is 45.5 Å². The number of nitrogens with zero attached hydrogens (tertiary/aromatic N) is 1. The molecule has 1 unspecified atom stereocenters. The summed E-state index contributed by atoms with van der Waals surface area (Å²) in [6, 6.07) is 10.2. The maximum atomic E-state index is 12.6. The molecule has 27 heavy (non-hydrogen) atoms. The van der Waals surface area contributed by atoms with E-state index in [2.05, 4.69) is 47.6 Å². The SMILES string of the molecule is Cc1cc(C(c2cccs2)N2CCC(C)CC2)c(NC(=O)c2ccco2)s1. The Balaban J connectivity index is 1.67. The molecule has 4 heterocycles. The first-order valence-corrected chi connectivity index (χ1v) is 11.0. The summed E-state index contributed by atoms with van der Waals surface area (Å²) in [5.41, 5.74) is 1.19. The average Bonchev–Trinajstić information content (AvgIpc) is 3.40. The van der Waals surface area contributed by atoms with Gasteiger partial charge in [-0.15, -0.1) is 22.7 Å². The van der Waals surface area contributed by atoms with E-state index < -0.39 is 0 Å². The van der Waals surface area contributed by atoms with Crippen molar-refractivity contribution < 1.29 is 9.21 Å². The van der Waals surface area contributed by atoms with Crippen molar-refractivity contribution in [3.63, 3.8) is 0 Å². The number of thiophene rings is 2. The Morgan fingerprint density at radius 2 is 2.11 bits per heavy atom. The Kier molecular flexibility index (Phi) is 5.48. The van der Waals surface area contributed by atoms with E-state index in [1.54, 1.807) is 34.8 Å². The van der Waals surface area contributed by atoms with Crippen molar-refractivity contribution in [1.29, 1.82) is 0 Å². The van der Waals surface area contributed by atoms with Gasteiger partial charge in [-0.05, 0) is 68.4 Å². The van der Waals surface area contributed by atoms with Gasteiger partial charge in [0.2, 0.25) is 0 Å². The van der Waals surface area contributed by atoms with Crippen LogP contribution in [0, 0.1) is 12.8 Å². The molecule has 1 saturated heterocycles. The lowest BCUT2D eigenvalue weighted by molar-refractivity contribution is 0.0996. The second-order valence-corrected chi connectivity index (χ2v) is 9.44. The summed E-state index contributed by atoms with van der Waals surface area (Å²) < 4.78 is 5.26. The molecule has 0 spiro atoms. The molecular weight excluding hydrogens is 376 g/mol. The predicted molar refractivity (Wildman–Crippen MR) is 112 cm³/mol. The highest BCUT2D eigenvalue weighted by Crippen LogP contribution is 2.41. The molecule has 4 rings (SSSR count). The summed E-state index contributed by atoms with van der Waals surface area (Å²) in [7, 11) is 0. The minimum absolute atomic E-state index is 0.189. The summed E-state index contributed by atoms with van der Waals surface area (Å²) in [5, 5.41) is 6.14. The van der Waals surface area contributed by atoms with Crippen molar-refractivity contribution in [1.82, 2.24) is 4.90 Å². The van der Waals surface area contributed by atoms with Crippen LogP contribution in [-0.4, -0.2) is 23.9 Å². The van der Waals surface area contributed by atoms with Gasteiger partial charge in [-0.2, -0.15) is 0 Å². The molecule has 4 nitrogen and oxygen atoms in total. The molecule has 3 aromatic rings. The number of hydrogen-bond donors (Lipinski definition) is 1. The van der Waals surface area contributed by atoms with E-state index >= 15 is 0 Å².